The van der Waals surface area contributed by atoms with E-state index in [-0.39, 0.29) is 5.91 Å². The van der Waals surface area contributed by atoms with Crippen LogP contribution >= 0.6 is 0 Å². The number of amides is 2. The summed E-state index contributed by atoms with van der Waals surface area (Å²) in [5.74, 6) is -5.91. The van der Waals surface area contributed by atoms with Crippen molar-refractivity contribution in [1.29, 1.82) is 0 Å². The number of nitrogens with one attached hydrogen (secondary N) is 2. The summed E-state index contributed by atoms with van der Waals surface area (Å²) >= 11 is 0. The highest BCUT2D eigenvalue weighted by atomic mass is 19.2. The molecule has 8 heteroatoms. The molecule has 2 amide bonds. The number of nitrogens with zero attached hydrogens (tertiary/aromatic N) is 1. The number of carbonyl (C=O) groups excluding carboxylic acids is 2. The molecule has 1 aliphatic heterocycles. The maximum Gasteiger partial charge on any atom is 0.257 e. The normalized spacial score (nSPS) is 21.7. The van der Waals surface area contributed by atoms with E-state index in [0.717, 1.165) is 0 Å². The van der Waals surface area contributed by atoms with Gasteiger partial charge in [-0.05, 0) is 19.2 Å². The summed E-state index contributed by atoms with van der Waals surface area (Å²) in [6.07, 6.45) is 0. The van der Waals surface area contributed by atoms with Crippen LogP contribution in [-0.2, 0) is 4.79 Å². The maximum atomic E-state index is 13.6. The van der Waals surface area contributed by atoms with Crippen LogP contribution in [0, 0.1) is 23.4 Å². The predicted molar refractivity (Wildman–Crippen MR) is 72.6 cm³/mol. The third kappa shape index (κ3) is 3.06. The van der Waals surface area contributed by atoms with Gasteiger partial charge in [0.05, 0.1) is 12.0 Å². The second kappa shape index (κ2) is 6.35. The Labute approximate surface area is 125 Å². The molecule has 2 N–H and O–H groups in total. The summed E-state index contributed by atoms with van der Waals surface area (Å²) in [7, 11) is 3.22. The molecule has 0 saturated carbocycles. The highest BCUT2D eigenvalue weighted by molar-refractivity contribution is 5.95. The minimum atomic E-state index is -1.54. The van der Waals surface area contributed by atoms with Crippen molar-refractivity contribution in [3.05, 3.63) is 35.1 Å². The molecule has 0 aliphatic carbocycles. The number of carbonyl (C=O) groups is 2. The molecule has 0 unspecified atom stereocenters. The van der Waals surface area contributed by atoms with Gasteiger partial charge in [-0.3, -0.25) is 9.59 Å². The van der Waals surface area contributed by atoms with Crippen molar-refractivity contribution in [3.8, 4) is 0 Å². The molecule has 0 spiro atoms. The first-order valence-corrected chi connectivity index (χ1v) is 6.69. The maximum absolute atomic E-state index is 13.6. The number of benzene rings is 1. The third-order valence-electron chi connectivity index (χ3n) is 3.67. The van der Waals surface area contributed by atoms with Crippen LogP contribution in [0.25, 0.3) is 0 Å². The first-order valence-electron chi connectivity index (χ1n) is 6.69. The number of likely N-dealkylation sites (tertiary alicyclic amines) is 1. The lowest BCUT2D eigenvalue weighted by molar-refractivity contribution is -0.124. The van der Waals surface area contributed by atoms with Gasteiger partial charge in [-0.2, -0.15) is 0 Å². The second-order valence-corrected chi connectivity index (χ2v) is 5.24. The Bertz CT molecular complexity index is 609. The van der Waals surface area contributed by atoms with E-state index in [1.54, 1.807) is 7.05 Å². The Morgan fingerprint density at radius 1 is 1.18 bits per heavy atom. The van der Waals surface area contributed by atoms with E-state index >= 15 is 0 Å². The highest BCUT2D eigenvalue weighted by Gasteiger charge is 2.37. The van der Waals surface area contributed by atoms with Crippen molar-refractivity contribution in [2.24, 2.45) is 5.92 Å². The van der Waals surface area contributed by atoms with Crippen molar-refractivity contribution >= 4 is 11.8 Å². The van der Waals surface area contributed by atoms with Crippen LogP contribution in [0.3, 0.4) is 0 Å². The third-order valence-corrected chi connectivity index (χ3v) is 3.67. The van der Waals surface area contributed by atoms with Gasteiger partial charge in [0.25, 0.3) is 5.91 Å². The molecule has 1 aromatic rings. The van der Waals surface area contributed by atoms with E-state index in [1.165, 1.54) is 7.05 Å². The molecule has 0 radical (unpaired) electrons. The lowest BCUT2D eigenvalue weighted by Crippen LogP contribution is -2.46. The zero-order valence-corrected chi connectivity index (χ0v) is 12.1. The van der Waals surface area contributed by atoms with E-state index in [2.05, 4.69) is 10.6 Å². The van der Waals surface area contributed by atoms with Crippen LogP contribution in [0.2, 0.25) is 0 Å². The zero-order valence-electron chi connectivity index (χ0n) is 12.1. The summed E-state index contributed by atoms with van der Waals surface area (Å²) in [5, 5.41) is 4.89. The van der Waals surface area contributed by atoms with E-state index in [0.29, 0.717) is 25.2 Å². The molecule has 0 aromatic heterocycles. The molecule has 1 heterocycles. The summed E-state index contributed by atoms with van der Waals surface area (Å²) in [6.45, 7) is 0.751. The molecule has 120 valence electrons. The average molecular weight is 315 g/mol. The van der Waals surface area contributed by atoms with Crippen molar-refractivity contribution < 1.29 is 22.8 Å². The quantitative estimate of drug-likeness (QED) is 0.799. The van der Waals surface area contributed by atoms with Gasteiger partial charge in [0.1, 0.15) is 11.4 Å². The lowest BCUT2D eigenvalue weighted by Gasteiger charge is -2.19. The molecule has 22 heavy (non-hydrogen) atoms. The first kappa shape index (κ1) is 16.3. The Kier molecular flexibility index (Phi) is 4.70. The fourth-order valence-electron chi connectivity index (χ4n) is 2.57. The van der Waals surface area contributed by atoms with E-state index in [9.17, 15) is 22.8 Å². The Morgan fingerprint density at radius 2 is 1.82 bits per heavy atom. The van der Waals surface area contributed by atoms with Gasteiger partial charge in [-0.15, -0.1) is 0 Å². The van der Waals surface area contributed by atoms with E-state index in [4.69, 9.17) is 0 Å². The standard InChI is InChI=1S/C14H16F3N3O2/c1-18-13(21)7-5-20(2)6-10(7)19-14(22)11-8(15)3-4-9(16)12(11)17/h3-4,7,10H,5-6H2,1-2H3,(H,18,21)(H,19,22)/t7-,10-/m0/s1. The largest absolute Gasteiger partial charge is 0.359 e. The molecular weight excluding hydrogens is 299 g/mol. The van der Waals surface area contributed by atoms with Gasteiger partial charge < -0.3 is 15.5 Å². The topological polar surface area (TPSA) is 61.4 Å². The minimum Gasteiger partial charge on any atom is -0.359 e. The molecular formula is C14H16F3N3O2. The summed E-state index contributed by atoms with van der Waals surface area (Å²) < 4.78 is 40.4. The van der Waals surface area contributed by atoms with Crippen molar-refractivity contribution in [2.75, 3.05) is 27.2 Å². The van der Waals surface area contributed by atoms with Crippen LogP contribution in [0.5, 0.6) is 0 Å². The SMILES string of the molecule is CNC(=O)[C@H]1CN(C)C[C@@H]1NC(=O)c1c(F)ccc(F)c1F. The first-order chi connectivity index (χ1) is 10.3. The fraction of sp³-hybridized carbons (Fsp3) is 0.429. The van der Waals surface area contributed by atoms with Gasteiger partial charge >= 0.3 is 0 Å². The minimum absolute atomic E-state index is 0.283. The van der Waals surface area contributed by atoms with Crippen LogP contribution < -0.4 is 10.6 Å². The lowest BCUT2D eigenvalue weighted by atomic mass is 10.0. The van der Waals surface area contributed by atoms with E-state index in [1.807, 2.05) is 4.90 Å². The van der Waals surface area contributed by atoms with E-state index < -0.39 is 40.9 Å². The average Bonchev–Trinajstić information content (AvgIpc) is 2.83. The van der Waals surface area contributed by atoms with Crippen molar-refractivity contribution in [2.45, 2.75) is 6.04 Å². The summed E-state index contributed by atoms with van der Waals surface area (Å²) in [6, 6.07) is 0.683. The van der Waals surface area contributed by atoms with Gasteiger partial charge in [0, 0.05) is 20.1 Å². The smallest absolute Gasteiger partial charge is 0.257 e. The van der Waals surface area contributed by atoms with Crippen LogP contribution in [-0.4, -0.2) is 49.9 Å². The second-order valence-electron chi connectivity index (χ2n) is 5.24. The summed E-state index contributed by atoms with van der Waals surface area (Å²) in [4.78, 5) is 25.6. The van der Waals surface area contributed by atoms with Crippen LogP contribution in [0.1, 0.15) is 10.4 Å². The molecule has 1 saturated heterocycles. The number of likely N-dealkylation sites (N-methyl/N-ethyl adjacent to an activating group) is 1. The van der Waals surface area contributed by atoms with Crippen LogP contribution in [0.15, 0.2) is 12.1 Å². The van der Waals surface area contributed by atoms with Crippen LogP contribution in [0.4, 0.5) is 13.2 Å². The molecule has 1 fully saturated rings. The molecule has 5 nitrogen and oxygen atoms in total. The molecule has 1 aliphatic rings. The number of halogens is 3. The van der Waals surface area contributed by atoms with Gasteiger partial charge in [0.15, 0.2) is 11.6 Å². The van der Waals surface area contributed by atoms with Crippen molar-refractivity contribution in [3.63, 3.8) is 0 Å². The Hall–Kier alpha value is -2.09. The fourth-order valence-corrected chi connectivity index (χ4v) is 2.57. The number of rotatable bonds is 3. The number of hydrogen-bond donors (Lipinski definition) is 2. The molecule has 2 rings (SSSR count). The zero-order chi connectivity index (χ0) is 16.4. The van der Waals surface area contributed by atoms with Gasteiger partial charge in [0.2, 0.25) is 5.91 Å². The predicted octanol–water partition coefficient (Wildman–Crippen LogP) is 0.510. The molecule has 1 aromatic carbocycles. The summed E-state index contributed by atoms with van der Waals surface area (Å²) in [5.41, 5.74) is -0.981. The number of hydrogen-bond acceptors (Lipinski definition) is 3. The van der Waals surface area contributed by atoms with Gasteiger partial charge in [-0.25, -0.2) is 13.2 Å². The monoisotopic (exact) mass is 315 g/mol. The molecule has 0 bridgehead atoms. The molecule has 2 atom stereocenters. The Morgan fingerprint density at radius 3 is 2.45 bits per heavy atom. The van der Waals surface area contributed by atoms with Gasteiger partial charge in [-0.1, -0.05) is 0 Å². The highest BCUT2D eigenvalue weighted by Crippen LogP contribution is 2.19. The van der Waals surface area contributed by atoms with Crippen molar-refractivity contribution in [1.82, 2.24) is 15.5 Å². The Balaban J connectivity index is 2.21.